The normalized spacial score (nSPS) is 39.3. The molecule has 0 aromatic heterocycles. The minimum Gasteiger partial charge on any atom is -0.394 e. The molecule has 2 aliphatic rings. The first-order valence-electron chi connectivity index (χ1n) is 9.89. The van der Waals surface area contributed by atoms with Crippen molar-refractivity contribution in [3.8, 4) is 0 Å². The Morgan fingerprint density at radius 1 is 0.943 bits per heavy atom. The van der Waals surface area contributed by atoms with Gasteiger partial charge >= 0.3 is 20.8 Å². The molecule has 6 N–H and O–H groups in total. The van der Waals surface area contributed by atoms with Gasteiger partial charge in [0.1, 0.15) is 24.4 Å². The van der Waals surface area contributed by atoms with Crippen LogP contribution in [0.3, 0.4) is 0 Å². The zero-order valence-electron chi connectivity index (χ0n) is 18.3. The zero-order valence-corrected chi connectivity index (χ0v) is 19.9. The highest BCUT2D eigenvalue weighted by Gasteiger charge is 2.51. The van der Waals surface area contributed by atoms with Gasteiger partial charge in [0.25, 0.3) is 0 Å². The smallest absolute Gasteiger partial charge is 0.394 e. The summed E-state index contributed by atoms with van der Waals surface area (Å²) in [6, 6.07) is 0. The molecule has 20 heteroatoms. The maximum Gasteiger partial charge on any atom is 0.397 e. The Balaban J connectivity index is 2.35. The Kier molecular flexibility index (Phi) is 11.1. The third kappa shape index (κ3) is 8.43. The van der Waals surface area contributed by atoms with Crippen molar-refractivity contribution in [3.63, 3.8) is 0 Å². The number of aliphatic hydroxyl groups excluding tert-OH is 3. The topological polar surface area (TPSA) is 263 Å². The van der Waals surface area contributed by atoms with Gasteiger partial charge in [-0.05, 0) is 0 Å². The number of ether oxygens (including phenoxy) is 4. The Morgan fingerprint density at radius 3 is 2.06 bits per heavy atom. The van der Waals surface area contributed by atoms with E-state index in [1.54, 1.807) is 0 Å². The van der Waals surface area contributed by atoms with E-state index in [-0.39, 0.29) is 0 Å². The summed E-state index contributed by atoms with van der Waals surface area (Å²) >= 11 is 0. The van der Waals surface area contributed by atoms with Gasteiger partial charge in [0, 0.05) is 18.9 Å². The minimum atomic E-state index is -5.15. The standard InChI is InChI=1S/C15H28O18S2/c1-6-9(17)14(29-8(3-16)11(6)31-34(20,21)22)30-12-7(5-28-33-19)4-27-15(26-2)13(10(12)18)32-35(23,24)25/h6-19H,3-5H2,1-2H3,(H,20,21,22)(H,23,24,25)/t6-,7?,8?,9?,10?,11-,12+,13+,14+,15-/m1/s1. The molecule has 0 aromatic carbocycles. The number of aliphatic hydroxyl groups is 3. The van der Waals surface area contributed by atoms with Crippen LogP contribution in [0.5, 0.6) is 0 Å². The largest absolute Gasteiger partial charge is 0.397 e. The fourth-order valence-corrected chi connectivity index (χ4v) is 4.81. The summed E-state index contributed by atoms with van der Waals surface area (Å²) < 4.78 is 93.3. The molecule has 208 valence electrons. The molecule has 2 saturated heterocycles. The Hall–Kier alpha value is -0.660. The van der Waals surface area contributed by atoms with Crippen LogP contribution in [0.15, 0.2) is 0 Å². The third-order valence-corrected chi connectivity index (χ3v) is 6.33. The van der Waals surface area contributed by atoms with Crippen LogP contribution < -0.4 is 0 Å². The number of hydrogen-bond acceptors (Lipinski definition) is 16. The summed E-state index contributed by atoms with van der Waals surface area (Å²) in [7, 11) is -9.06. The molecule has 0 saturated carbocycles. The van der Waals surface area contributed by atoms with Crippen LogP contribution in [-0.2, 0) is 58.0 Å². The molecule has 2 aliphatic heterocycles. The zero-order chi connectivity index (χ0) is 26.6. The third-order valence-electron chi connectivity index (χ3n) is 5.40. The fourth-order valence-electron chi connectivity index (χ4n) is 3.75. The van der Waals surface area contributed by atoms with Crippen LogP contribution in [0.4, 0.5) is 0 Å². The van der Waals surface area contributed by atoms with Crippen LogP contribution in [0, 0.1) is 11.8 Å². The van der Waals surface area contributed by atoms with E-state index < -0.39 is 102 Å². The van der Waals surface area contributed by atoms with Crippen molar-refractivity contribution in [1.29, 1.82) is 0 Å². The summed E-state index contributed by atoms with van der Waals surface area (Å²) in [6.07, 6.45) is -13.4. The van der Waals surface area contributed by atoms with Gasteiger partial charge < -0.3 is 34.3 Å². The lowest BCUT2D eigenvalue weighted by molar-refractivity contribution is -0.495. The molecule has 0 aliphatic carbocycles. The Bertz CT molecular complexity index is 863. The molecular formula is C15H28O18S2. The highest BCUT2D eigenvalue weighted by Crippen LogP contribution is 2.34. The highest BCUT2D eigenvalue weighted by atomic mass is 32.3. The second-order valence-corrected chi connectivity index (χ2v) is 9.80. The summed E-state index contributed by atoms with van der Waals surface area (Å²) in [4.78, 5) is 4.44. The van der Waals surface area contributed by atoms with Gasteiger partial charge in [-0.25, -0.2) is 18.5 Å². The van der Waals surface area contributed by atoms with E-state index in [0.29, 0.717) is 0 Å². The van der Waals surface area contributed by atoms with Crippen LogP contribution in [0.2, 0.25) is 0 Å². The van der Waals surface area contributed by atoms with E-state index in [1.165, 1.54) is 6.92 Å². The Morgan fingerprint density at radius 2 is 1.54 bits per heavy atom. The van der Waals surface area contributed by atoms with E-state index in [1.807, 2.05) is 0 Å². The maximum atomic E-state index is 11.3. The summed E-state index contributed by atoms with van der Waals surface area (Å²) in [6.45, 7) is -0.493. The summed E-state index contributed by atoms with van der Waals surface area (Å²) in [5, 5.41) is 43.2. The lowest BCUT2D eigenvalue weighted by atomic mass is 9.90. The van der Waals surface area contributed by atoms with E-state index in [2.05, 4.69) is 18.3 Å². The molecule has 2 rings (SSSR count). The van der Waals surface area contributed by atoms with Gasteiger partial charge in [-0.1, -0.05) is 12.0 Å². The molecule has 35 heavy (non-hydrogen) atoms. The Labute approximate surface area is 199 Å². The van der Waals surface area contributed by atoms with Gasteiger partial charge in [0.2, 0.25) is 0 Å². The average molecular weight is 561 g/mol. The first-order valence-corrected chi connectivity index (χ1v) is 12.6. The van der Waals surface area contributed by atoms with Crippen molar-refractivity contribution >= 4 is 20.8 Å². The predicted octanol–water partition coefficient (Wildman–Crippen LogP) is -3.14. The minimum absolute atomic E-state index is 0.398. The van der Waals surface area contributed by atoms with Crippen LogP contribution >= 0.6 is 0 Å². The van der Waals surface area contributed by atoms with Gasteiger partial charge in [0.15, 0.2) is 18.7 Å². The monoisotopic (exact) mass is 560 g/mol. The molecule has 2 heterocycles. The van der Waals surface area contributed by atoms with Crippen molar-refractivity contribution in [2.75, 3.05) is 26.9 Å². The van der Waals surface area contributed by atoms with Crippen LogP contribution in [0.1, 0.15) is 6.92 Å². The van der Waals surface area contributed by atoms with E-state index >= 15 is 0 Å². The molecule has 10 atom stereocenters. The SMILES string of the molecule is CO[C@@H]1OCC(COOO)[C@H](O[C@@H]2OC(CO)[C@H](OS(=O)(=O)O)[C@H](C)C2O)C(O)[C@@H]1OS(=O)(=O)O. The lowest BCUT2D eigenvalue weighted by Crippen LogP contribution is -2.59. The van der Waals surface area contributed by atoms with E-state index in [4.69, 9.17) is 33.3 Å². The quantitative estimate of drug-likeness (QED) is 0.0828. The maximum absolute atomic E-state index is 11.3. The lowest BCUT2D eigenvalue weighted by Gasteiger charge is -2.44. The second-order valence-electron chi connectivity index (χ2n) is 7.70. The van der Waals surface area contributed by atoms with E-state index in [0.717, 1.165) is 7.11 Å². The molecule has 0 amide bonds. The molecule has 2 fully saturated rings. The number of methoxy groups -OCH3 is 1. The highest BCUT2D eigenvalue weighted by molar-refractivity contribution is 7.81. The van der Waals surface area contributed by atoms with Gasteiger partial charge in [-0.3, -0.25) is 9.11 Å². The van der Waals surface area contributed by atoms with Crippen molar-refractivity contribution in [2.45, 2.75) is 56.1 Å². The number of hydrogen-bond donors (Lipinski definition) is 6. The van der Waals surface area contributed by atoms with Gasteiger partial charge in [0.05, 0.1) is 25.9 Å². The average Bonchev–Trinajstić information content (AvgIpc) is 2.87. The first-order chi connectivity index (χ1) is 16.2. The molecule has 4 unspecified atom stereocenters. The van der Waals surface area contributed by atoms with Gasteiger partial charge in [-0.2, -0.15) is 16.8 Å². The molecule has 0 aromatic rings. The summed E-state index contributed by atoms with van der Waals surface area (Å²) in [5.41, 5.74) is 0. The number of rotatable bonds is 11. The van der Waals surface area contributed by atoms with E-state index in [9.17, 15) is 32.2 Å². The molecule has 0 spiro atoms. The van der Waals surface area contributed by atoms with Crippen molar-refractivity contribution in [2.24, 2.45) is 11.8 Å². The van der Waals surface area contributed by atoms with Crippen molar-refractivity contribution in [3.05, 3.63) is 0 Å². The first kappa shape index (κ1) is 30.6. The van der Waals surface area contributed by atoms with Crippen LogP contribution in [-0.4, -0.2) is 123 Å². The van der Waals surface area contributed by atoms with Crippen molar-refractivity contribution < 1.29 is 83.8 Å². The summed E-state index contributed by atoms with van der Waals surface area (Å²) in [5.74, 6) is -2.23. The molecule has 0 bridgehead atoms. The van der Waals surface area contributed by atoms with Crippen molar-refractivity contribution in [1.82, 2.24) is 0 Å². The molecule has 0 radical (unpaired) electrons. The predicted molar refractivity (Wildman–Crippen MR) is 105 cm³/mol. The second kappa shape index (κ2) is 12.7. The fraction of sp³-hybridized carbons (Fsp3) is 1.00. The van der Waals surface area contributed by atoms with Gasteiger partial charge in [-0.15, -0.1) is 0 Å². The molecular weight excluding hydrogens is 532 g/mol. The van der Waals surface area contributed by atoms with Crippen LogP contribution in [0.25, 0.3) is 0 Å². The molecule has 18 nitrogen and oxygen atoms in total.